The Labute approximate surface area is 150 Å². The molecular formula is C20H29N3O2. The molecule has 1 atom stereocenters. The van der Waals surface area contributed by atoms with E-state index < -0.39 is 0 Å². The number of amides is 1. The number of benzene rings is 1. The van der Waals surface area contributed by atoms with Crippen molar-refractivity contribution in [2.45, 2.75) is 51.1 Å². The summed E-state index contributed by atoms with van der Waals surface area (Å²) in [6, 6.07) is 8.21. The van der Waals surface area contributed by atoms with Crippen LogP contribution in [-0.2, 0) is 4.79 Å². The summed E-state index contributed by atoms with van der Waals surface area (Å²) in [7, 11) is 0. The summed E-state index contributed by atoms with van der Waals surface area (Å²) < 4.78 is 0. The number of aryl methyl sites for hydroxylation is 1. The maximum atomic E-state index is 12.3. The number of ketones is 1. The minimum absolute atomic E-state index is 0.0698. The molecule has 2 saturated heterocycles. The van der Waals surface area contributed by atoms with Gasteiger partial charge in [0.05, 0.1) is 6.04 Å². The van der Waals surface area contributed by atoms with Crippen LogP contribution < -0.4 is 5.73 Å². The van der Waals surface area contributed by atoms with Gasteiger partial charge in [-0.1, -0.05) is 29.8 Å². The van der Waals surface area contributed by atoms with Crippen LogP contribution in [0.4, 0.5) is 0 Å². The first-order valence-electron chi connectivity index (χ1n) is 9.42. The van der Waals surface area contributed by atoms with Gasteiger partial charge in [-0.2, -0.15) is 0 Å². The quantitative estimate of drug-likeness (QED) is 0.802. The molecule has 2 fully saturated rings. The minimum atomic E-state index is -0.177. The first-order chi connectivity index (χ1) is 12.0. The van der Waals surface area contributed by atoms with Gasteiger partial charge < -0.3 is 10.6 Å². The molecule has 1 unspecified atom stereocenters. The second-order valence-corrected chi connectivity index (χ2v) is 7.41. The molecule has 5 heteroatoms. The zero-order valence-electron chi connectivity index (χ0n) is 15.1. The molecule has 3 rings (SSSR count). The lowest BCUT2D eigenvalue weighted by Crippen LogP contribution is -2.50. The maximum absolute atomic E-state index is 12.3. The molecule has 0 radical (unpaired) electrons. The summed E-state index contributed by atoms with van der Waals surface area (Å²) in [5.41, 5.74) is 7.52. The molecule has 2 aliphatic rings. The highest BCUT2D eigenvalue weighted by molar-refractivity contribution is 5.96. The van der Waals surface area contributed by atoms with Crippen LogP contribution >= 0.6 is 0 Å². The Morgan fingerprint density at radius 2 is 1.76 bits per heavy atom. The summed E-state index contributed by atoms with van der Waals surface area (Å²) in [6.07, 6.45) is 4.66. The van der Waals surface area contributed by atoms with Crippen molar-refractivity contribution < 1.29 is 9.59 Å². The van der Waals surface area contributed by atoms with Crippen LogP contribution in [0.3, 0.4) is 0 Å². The van der Waals surface area contributed by atoms with Gasteiger partial charge in [0.1, 0.15) is 0 Å². The number of rotatable bonds is 6. The van der Waals surface area contributed by atoms with E-state index in [1.165, 1.54) is 5.56 Å². The molecule has 136 valence electrons. The molecule has 1 amide bonds. The molecule has 0 aliphatic carbocycles. The van der Waals surface area contributed by atoms with Gasteiger partial charge in [0.25, 0.3) is 0 Å². The van der Waals surface area contributed by atoms with Crippen LogP contribution in [0.25, 0.3) is 0 Å². The topological polar surface area (TPSA) is 66.6 Å². The second kappa shape index (κ2) is 8.11. The molecular weight excluding hydrogens is 314 g/mol. The summed E-state index contributed by atoms with van der Waals surface area (Å²) >= 11 is 0. The summed E-state index contributed by atoms with van der Waals surface area (Å²) in [4.78, 5) is 28.6. The van der Waals surface area contributed by atoms with E-state index in [4.69, 9.17) is 5.73 Å². The van der Waals surface area contributed by atoms with Gasteiger partial charge >= 0.3 is 0 Å². The van der Waals surface area contributed by atoms with Crippen molar-refractivity contribution >= 4 is 11.7 Å². The number of carbonyl (C=O) groups is 2. The normalized spacial score (nSPS) is 23.0. The standard InChI is InChI=1S/C20H29N3O2/c1-15-4-6-16(7-5-15)19(24)10-14-22-12-8-17(9-13-22)23-11-2-3-18(23)20(21)25/h4-7,17-18H,2-3,8-14H2,1H3,(H2,21,25). The van der Waals surface area contributed by atoms with E-state index in [1.54, 1.807) is 0 Å². The van der Waals surface area contributed by atoms with Gasteiger partial charge in [-0.3, -0.25) is 14.5 Å². The van der Waals surface area contributed by atoms with Gasteiger partial charge in [-0.05, 0) is 52.2 Å². The van der Waals surface area contributed by atoms with Crippen molar-refractivity contribution in [2.75, 3.05) is 26.2 Å². The molecule has 2 aliphatic heterocycles. The Morgan fingerprint density at radius 1 is 1.08 bits per heavy atom. The maximum Gasteiger partial charge on any atom is 0.234 e. The van der Waals surface area contributed by atoms with Crippen LogP contribution in [0.15, 0.2) is 24.3 Å². The highest BCUT2D eigenvalue weighted by Gasteiger charge is 2.35. The van der Waals surface area contributed by atoms with Crippen LogP contribution in [-0.4, -0.2) is 59.8 Å². The fraction of sp³-hybridized carbons (Fsp3) is 0.600. The number of hydrogen-bond acceptors (Lipinski definition) is 4. The minimum Gasteiger partial charge on any atom is -0.368 e. The zero-order chi connectivity index (χ0) is 17.8. The van der Waals surface area contributed by atoms with Gasteiger partial charge in [-0.15, -0.1) is 0 Å². The molecule has 1 aromatic rings. The zero-order valence-corrected chi connectivity index (χ0v) is 15.1. The van der Waals surface area contributed by atoms with Crippen molar-refractivity contribution in [3.63, 3.8) is 0 Å². The lowest BCUT2D eigenvalue weighted by Gasteiger charge is -2.38. The van der Waals surface area contributed by atoms with Crippen LogP contribution in [0.5, 0.6) is 0 Å². The first-order valence-corrected chi connectivity index (χ1v) is 9.42. The second-order valence-electron chi connectivity index (χ2n) is 7.41. The van der Waals surface area contributed by atoms with E-state index in [1.807, 2.05) is 31.2 Å². The predicted molar refractivity (Wildman–Crippen MR) is 98.5 cm³/mol. The highest BCUT2D eigenvalue weighted by atomic mass is 16.1. The van der Waals surface area contributed by atoms with E-state index in [9.17, 15) is 9.59 Å². The number of likely N-dealkylation sites (tertiary alicyclic amines) is 2. The Hall–Kier alpha value is -1.72. The largest absolute Gasteiger partial charge is 0.368 e. The molecule has 0 bridgehead atoms. The van der Waals surface area contributed by atoms with Crippen LogP contribution in [0.2, 0.25) is 0 Å². The fourth-order valence-electron chi connectivity index (χ4n) is 4.15. The molecule has 0 saturated carbocycles. The van der Waals surface area contributed by atoms with Crippen LogP contribution in [0.1, 0.15) is 48.0 Å². The van der Waals surface area contributed by atoms with Crippen LogP contribution in [0, 0.1) is 6.92 Å². The van der Waals surface area contributed by atoms with E-state index in [0.29, 0.717) is 12.5 Å². The number of nitrogens with zero attached hydrogens (tertiary/aromatic N) is 2. The average Bonchev–Trinajstić information content (AvgIpc) is 3.11. The molecule has 5 nitrogen and oxygen atoms in total. The number of Topliss-reactive ketones (excluding diaryl/α,β-unsaturated/α-hetero) is 1. The summed E-state index contributed by atoms with van der Waals surface area (Å²) in [5.74, 6) is 0.0408. The van der Waals surface area contributed by atoms with E-state index in [2.05, 4.69) is 9.80 Å². The number of nitrogens with two attached hydrogens (primary N) is 1. The smallest absolute Gasteiger partial charge is 0.234 e. The molecule has 2 N–H and O–H groups in total. The lowest BCUT2D eigenvalue weighted by atomic mass is 10.0. The number of carbonyl (C=O) groups excluding carboxylic acids is 2. The predicted octanol–water partition coefficient (Wildman–Crippen LogP) is 1.98. The number of hydrogen-bond donors (Lipinski definition) is 1. The van der Waals surface area contributed by atoms with Crippen molar-refractivity contribution in [1.29, 1.82) is 0 Å². The van der Waals surface area contributed by atoms with Gasteiger partial charge in [0.15, 0.2) is 5.78 Å². The van der Waals surface area contributed by atoms with E-state index >= 15 is 0 Å². The van der Waals surface area contributed by atoms with E-state index in [-0.39, 0.29) is 17.7 Å². The SMILES string of the molecule is Cc1ccc(C(=O)CCN2CCC(N3CCCC3C(N)=O)CC2)cc1. The Morgan fingerprint density at radius 3 is 2.40 bits per heavy atom. The molecule has 2 heterocycles. The van der Waals surface area contributed by atoms with Crippen molar-refractivity contribution in [2.24, 2.45) is 5.73 Å². The Bertz CT molecular complexity index is 606. The summed E-state index contributed by atoms with van der Waals surface area (Å²) in [6.45, 7) is 5.83. The van der Waals surface area contributed by atoms with Crippen molar-refractivity contribution in [3.8, 4) is 0 Å². The van der Waals surface area contributed by atoms with Gasteiger partial charge in [-0.25, -0.2) is 0 Å². The Balaban J connectivity index is 1.44. The van der Waals surface area contributed by atoms with Crippen molar-refractivity contribution in [1.82, 2.24) is 9.80 Å². The van der Waals surface area contributed by atoms with E-state index in [0.717, 1.165) is 57.4 Å². The fourth-order valence-corrected chi connectivity index (χ4v) is 4.15. The molecule has 0 spiro atoms. The molecule has 1 aromatic carbocycles. The molecule has 25 heavy (non-hydrogen) atoms. The third-order valence-corrected chi connectivity index (χ3v) is 5.68. The Kier molecular flexibility index (Phi) is 5.86. The molecule has 0 aromatic heterocycles. The van der Waals surface area contributed by atoms with Gasteiger partial charge in [0.2, 0.25) is 5.91 Å². The van der Waals surface area contributed by atoms with Crippen molar-refractivity contribution in [3.05, 3.63) is 35.4 Å². The van der Waals surface area contributed by atoms with Gasteiger partial charge in [0, 0.05) is 24.6 Å². The highest BCUT2D eigenvalue weighted by Crippen LogP contribution is 2.26. The lowest BCUT2D eigenvalue weighted by molar-refractivity contribution is -0.123. The third-order valence-electron chi connectivity index (χ3n) is 5.68. The first kappa shape index (κ1) is 18.1. The summed E-state index contributed by atoms with van der Waals surface area (Å²) in [5, 5.41) is 0. The number of piperidine rings is 1. The monoisotopic (exact) mass is 343 g/mol. The number of primary amides is 1. The average molecular weight is 343 g/mol. The third kappa shape index (κ3) is 4.47.